The van der Waals surface area contributed by atoms with E-state index in [0.717, 1.165) is 5.56 Å². The summed E-state index contributed by atoms with van der Waals surface area (Å²) in [4.78, 5) is 4.21. The van der Waals surface area contributed by atoms with Gasteiger partial charge in [0.1, 0.15) is 11.6 Å². The Morgan fingerprint density at radius 3 is 2.58 bits per heavy atom. The topological polar surface area (TPSA) is 48.1 Å². The average molecular weight is 305 g/mol. The molecular formula is C13H15Cl2FN2O. The van der Waals surface area contributed by atoms with Crippen molar-refractivity contribution in [3.8, 4) is 17.0 Å². The Labute approximate surface area is 123 Å². The summed E-state index contributed by atoms with van der Waals surface area (Å²) in [6, 6.07) is 8.00. The molecule has 0 radical (unpaired) electrons. The molecule has 1 aromatic heterocycles. The van der Waals surface area contributed by atoms with Crippen LogP contribution in [0.4, 0.5) is 4.39 Å². The Hall–Kier alpha value is -1.36. The number of pyridine rings is 1. The second-order valence-corrected chi connectivity index (χ2v) is 3.60. The minimum absolute atomic E-state index is 0. The van der Waals surface area contributed by atoms with Gasteiger partial charge in [-0.05, 0) is 35.9 Å². The fraction of sp³-hybridized carbons (Fsp3) is 0.154. The Balaban J connectivity index is 0.00000162. The van der Waals surface area contributed by atoms with Crippen LogP contribution in [0.15, 0.2) is 36.5 Å². The molecule has 6 heteroatoms. The van der Waals surface area contributed by atoms with Crippen molar-refractivity contribution in [2.45, 2.75) is 6.54 Å². The van der Waals surface area contributed by atoms with Crippen LogP contribution in [-0.4, -0.2) is 12.1 Å². The minimum atomic E-state index is -0.319. The molecule has 2 N–H and O–H groups in total. The van der Waals surface area contributed by atoms with Crippen molar-refractivity contribution in [3.05, 3.63) is 47.9 Å². The Kier molecular flexibility index (Phi) is 7.37. The van der Waals surface area contributed by atoms with E-state index < -0.39 is 0 Å². The smallest absolute Gasteiger partial charge is 0.128 e. The molecule has 0 spiro atoms. The molecule has 0 amide bonds. The van der Waals surface area contributed by atoms with E-state index in [-0.39, 0.29) is 30.6 Å². The van der Waals surface area contributed by atoms with Crippen LogP contribution in [0.25, 0.3) is 11.3 Å². The molecule has 0 unspecified atom stereocenters. The quantitative estimate of drug-likeness (QED) is 0.947. The lowest BCUT2D eigenvalue weighted by Crippen LogP contribution is -1.98. The lowest BCUT2D eigenvalue weighted by Gasteiger charge is -2.08. The predicted octanol–water partition coefficient (Wildman–Crippen LogP) is 3.20. The first-order chi connectivity index (χ1) is 8.24. The molecule has 0 saturated heterocycles. The lowest BCUT2D eigenvalue weighted by atomic mass is 10.1. The van der Waals surface area contributed by atoms with Gasteiger partial charge in [0, 0.05) is 18.3 Å². The zero-order valence-corrected chi connectivity index (χ0v) is 11.9. The highest BCUT2D eigenvalue weighted by molar-refractivity contribution is 5.85. The van der Waals surface area contributed by atoms with E-state index in [1.54, 1.807) is 19.4 Å². The molecule has 0 aliphatic heterocycles. The van der Waals surface area contributed by atoms with E-state index in [4.69, 9.17) is 10.5 Å². The van der Waals surface area contributed by atoms with Gasteiger partial charge in [0.25, 0.3) is 0 Å². The highest BCUT2D eigenvalue weighted by Crippen LogP contribution is 2.29. The molecule has 0 atom stereocenters. The van der Waals surface area contributed by atoms with E-state index in [9.17, 15) is 4.39 Å². The standard InChI is InChI=1S/C13H13FN2O.2ClH/c1-17-13-3-2-10(14)7-11(13)12-6-9(8-15)4-5-16-12;;/h2-7H,8,15H2,1H3;2*1H. The summed E-state index contributed by atoms with van der Waals surface area (Å²) in [5.74, 6) is 0.272. The van der Waals surface area contributed by atoms with Crippen LogP contribution in [0.3, 0.4) is 0 Å². The van der Waals surface area contributed by atoms with Gasteiger partial charge in [0.2, 0.25) is 0 Å². The van der Waals surface area contributed by atoms with Crippen molar-refractivity contribution >= 4 is 24.8 Å². The van der Waals surface area contributed by atoms with E-state index in [0.29, 0.717) is 23.6 Å². The number of rotatable bonds is 3. The molecule has 3 nitrogen and oxygen atoms in total. The number of hydrogen-bond acceptors (Lipinski definition) is 3. The number of methoxy groups -OCH3 is 1. The van der Waals surface area contributed by atoms with Crippen molar-refractivity contribution in [1.29, 1.82) is 0 Å². The van der Waals surface area contributed by atoms with Gasteiger partial charge in [-0.25, -0.2) is 4.39 Å². The van der Waals surface area contributed by atoms with Crippen molar-refractivity contribution in [3.63, 3.8) is 0 Å². The van der Waals surface area contributed by atoms with Crippen LogP contribution in [0, 0.1) is 5.82 Å². The monoisotopic (exact) mass is 304 g/mol. The molecule has 0 saturated carbocycles. The van der Waals surface area contributed by atoms with Crippen molar-refractivity contribution in [1.82, 2.24) is 4.98 Å². The second-order valence-electron chi connectivity index (χ2n) is 3.60. The fourth-order valence-electron chi connectivity index (χ4n) is 1.63. The number of nitrogens with two attached hydrogens (primary N) is 1. The van der Waals surface area contributed by atoms with E-state index in [1.165, 1.54) is 12.1 Å². The molecule has 0 aliphatic carbocycles. The third kappa shape index (κ3) is 4.06. The van der Waals surface area contributed by atoms with Crippen LogP contribution in [0.2, 0.25) is 0 Å². The maximum Gasteiger partial charge on any atom is 0.128 e. The first-order valence-electron chi connectivity index (χ1n) is 5.23. The lowest BCUT2D eigenvalue weighted by molar-refractivity contribution is 0.415. The maximum atomic E-state index is 13.2. The number of nitrogens with zero attached hydrogens (tertiary/aromatic N) is 1. The summed E-state index contributed by atoms with van der Waals surface area (Å²) in [5.41, 5.74) is 7.79. The van der Waals surface area contributed by atoms with Gasteiger partial charge < -0.3 is 10.5 Å². The third-order valence-electron chi connectivity index (χ3n) is 2.50. The first-order valence-corrected chi connectivity index (χ1v) is 5.23. The zero-order valence-electron chi connectivity index (χ0n) is 10.3. The van der Waals surface area contributed by atoms with Gasteiger partial charge in [0.05, 0.1) is 12.8 Å². The van der Waals surface area contributed by atoms with Crippen LogP contribution in [-0.2, 0) is 6.54 Å². The summed E-state index contributed by atoms with van der Waals surface area (Å²) in [7, 11) is 1.55. The van der Waals surface area contributed by atoms with Crippen LogP contribution in [0.5, 0.6) is 5.75 Å². The van der Waals surface area contributed by atoms with Gasteiger partial charge in [0.15, 0.2) is 0 Å². The van der Waals surface area contributed by atoms with E-state index in [2.05, 4.69) is 4.98 Å². The van der Waals surface area contributed by atoms with Crippen molar-refractivity contribution in [2.75, 3.05) is 7.11 Å². The van der Waals surface area contributed by atoms with Crippen molar-refractivity contribution < 1.29 is 9.13 Å². The largest absolute Gasteiger partial charge is 0.496 e. The molecule has 0 bridgehead atoms. The van der Waals surface area contributed by atoms with E-state index in [1.807, 2.05) is 12.1 Å². The van der Waals surface area contributed by atoms with Crippen LogP contribution < -0.4 is 10.5 Å². The molecule has 19 heavy (non-hydrogen) atoms. The average Bonchev–Trinajstić information content (AvgIpc) is 2.39. The Morgan fingerprint density at radius 2 is 1.95 bits per heavy atom. The molecule has 1 heterocycles. The number of hydrogen-bond donors (Lipinski definition) is 1. The number of halogens is 3. The number of aromatic nitrogens is 1. The molecule has 1 aromatic carbocycles. The summed E-state index contributed by atoms with van der Waals surface area (Å²) in [6.07, 6.45) is 1.65. The predicted molar refractivity (Wildman–Crippen MR) is 78.6 cm³/mol. The normalized spacial score (nSPS) is 9.21. The second kappa shape index (κ2) is 7.94. The fourth-order valence-corrected chi connectivity index (χ4v) is 1.63. The molecule has 2 aromatic rings. The SMILES string of the molecule is COc1ccc(F)cc1-c1cc(CN)ccn1.Cl.Cl. The molecule has 0 fully saturated rings. The summed E-state index contributed by atoms with van der Waals surface area (Å²) >= 11 is 0. The van der Waals surface area contributed by atoms with Gasteiger partial charge >= 0.3 is 0 Å². The summed E-state index contributed by atoms with van der Waals surface area (Å²) in [5, 5.41) is 0. The number of ether oxygens (including phenoxy) is 1. The van der Waals surface area contributed by atoms with Crippen LogP contribution in [0.1, 0.15) is 5.56 Å². The van der Waals surface area contributed by atoms with Gasteiger partial charge in [-0.2, -0.15) is 0 Å². The first kappa shape index (κ1) is 17.6. The van der Waals surface area contributed by atoms with Gasteiger partial charge in [-0.3, -0.25) is 4.98 Å². The molecule has 2 rings (SSSR count). The highest BCUT2D eigenvalue weighted by Gasteiger charge is 2.08. The summed E-state index contributed by atoms with van der Waals surface area (Å²) < 4.78 is 18.4. The summed E-state index contributed by atoms with van der Waals surface area (Å²) in [6.45, 7) is 0.424. The van der Waals surface area contributed by atoms with Crippen molar-refractivity contribution in [2.24, 2.45) is 5.73 Å². The highest BCUT2D eigenvalue weighted by atomic mass is 35.5. The van der Waals surface area contributed by atoms with E-state index >= 15 is 0 Å². The minimum Gasteiger partial charge on any atom is -0.496 e. The maximum absolute atomic E-state index is 13.2. The molecular weight excluding hydrogens is 290 g/mol. The zero-order chi connectivity index (χ0) is 12.3. The molecule has 104 valence electrons. The third-order valence-corrected chi connectivity index (χ3v) is 2.50. The van der Waals surface area contributed by atoms with Gasteiger partial charge in [-0.15, -0.1) is 24.8 Å². The van der Waals surface area contributed by atoms with Crippen LogP contribution >= 0.6 is 24.8 Å². The molecule has 0 aliphatic rings. The van der Waals surface area contributed by atoms with Gasteiger partial charge in [-0.1, -0.05) is 0 Å². The Morgan fingerprint density at radius 1 is 1.21 bits per heavy atom. The number of benzene rings is 1. The Bertz CT molecular complexity index is 538.